The Kier molecular flexibility index (Phi) is 5.35. The SMILES string of the molecule is CCS(=O)(=O)c1cc(-c2cccc(C)c2)cnc1C1=Nc2cc(C(F)(F)F)cnc2C1(F)F. The molecule has 0 saturated carbocycles. The Balaban J connectivity index is 1.92. The van der Waals surface area contributed by atoms with Gasteiger partial charge in [0.25, 0.3) is 0 Å². The first-order valence-corrected chi connectivity index (χ1v) is 11.3. The minimum atomic E-state index is -4.81. The Morgan fingerprint density at radius 3 is 2.36 bits per heavy atom. The van der Waals surface area contributed by atoms with E-state index in [0.29, 0.717) is 23.4 Å². The molecule has 0 N–H and O–H groups in total. The zero-order valence-corrected chi connectivity index (χ0v) is 18.1. The van der Waals surface area contributed by atoms with E-state index in [1.807, 2.05) is 13.0 Å². The second-order valence-electron chi connectivity index (χ2n) is 7.47. The molecule has 0 saturated heterocycles. The number of sulfone groups is 1. The second kappa shape index (κ2) is 7.68. The summed E-state index contributed by atoms with van der Waals surface area (Å²) < 4.78 is 94.9. The number of pyridine rings is 2. The van der Waals surface area contributed by atoms with Crippen LogP contribution in [0, 0.1) is 6.92 Å². The molecule has 0 aliphatic carbocycles. The van der Waals surface area contributed by atoms with E-state index in [4.69, 9.17) is 0 Å². The monoisotopic (exact) mass is 481 g/mol. The number of rotatable bonds is 4. The van der Waals surface area contributed by atoms with Gasteiger partial charge in [0.2, 0.25) is 0 Å². The van der Waals surface area contributed by atoms with Crippen LogP contribution in [0.3, 0.4) is 0 Å². The van der Waals surface area contributed by atoms with E-state index in [1.165, 1.54) is 19.2 Å². The van der Waals surface area contributed by atoms with Gasteiger partial charge in [0.05, 0.1) is 21.9 Å². The summed E-state index contributed by atoms with van der Waals surface area (Å²) in [5.74, 6) is -4.34. The van der Waals surface area contributed by atoms with Crippen LogP contribution in [-0.4, -0.2) is 29.9 Å². The van der Waals surface area contributed by atoms with Crippen LogP contribution in [0.25, 0.3) is 11.1 Å². The van der Waals surface area contributed by atoms with Gasteiger partial charge in [0, 0.05) is 18.0 Å². The van der Waals surface area contributed by atoms with Gasteiger partial charge in [0.1, 0.15) is 17.1 Å². The van der Waals surface area contributed by atoms with Crippen LogP contribution in [-0.2, 0) is 21.9 Å². The van der Waals surface area contributed by atoms with E-state index < -0.39 is 60.9 Å². The van der Waals surface area contributed by atoms with Crippen LogP contribution in [0.1, 0.15) is 29.4 Å². The predicted octanol–water partition coefficient (Wildman–Crippen LogP) is 5.49. The van der Waals surface area contributed by atoms with Crippen molar-refractivity contribution in [2.75, 3.05) is 5.75 Å². The molecule has 172 valence electrons. The van der Waals surface area contributed by atoms with E-state index in [1.54, 1.807) is 18.2 Å². The van der Waals surface area contributed by atoms with Crippen molar-refractivity contribution in [1.82, 2.24) is 9.97 Å². The lowest BCUT2D eigenvalue weighted by atomic mass is 10.0. The van der Waals surface area contributed by atoms with E-state index in [9.17, 15) is 21.6 Å². The fourth-order valence-corrected chi connectivity index (χ4v) is 4.50. The van der Waals surface area contributed by atoms with Crippen molar-refractivity contribution in [3.05, 3.63) is 71.3 Å². The first-order chi connectivity index (χ1) is 15.3. The predicted molar refractivity (Wildman–Crippen MR) is 111 cm³/mol. The fourth-order valence-electron chi connectivity index (χ4n) is 3.44. The van der Waals surface area contributed by atoms with Crippen LogP contribution < -0.4 is 0 Å². The smallest absolute Gasteiger partial charge is 0.253 e. The molecular formula is C22H16F5N3O2S. The third-order valence-corrected chi connectivity index (χ3v) is 6.91. The number of hydrogen-bond acceptors (Lipinski definition) is 5. The highest BCUT2D eigenvalue weighted by Crippen LogP contribution is 2.46. The van der Waals surface area contributed by atoms with Crippen molar-refractivity contribution in [3.8, 4) is 11.1 Å². The van der Waals surface area contributed by atoms with Gasteiger partial charge in [-0.3, -0.25) is 9.97 Å². The van der Waals surface area contributed by atoms with Crippen LogP contribution in [0.5, 0.6) is 0 Å². The number of benzene rings is 1. The molecule has 0 amide bonds. The zero-order chi connectivity index (χ0) is 24.2. The molecule has 0 fully saturated rings. The molecule has 0 bridgehead atoms. The summed E-state index contributed by atoms with van der Waals surface area (Å²) in [6, 6.07) is 8.76. The van der Waals surface area contributed by atoms with E-state index in [-0.39, 0.29) is 0 Å². The summed E-state index contributed by atoms with van der Waals surface area (Å²) in [6.07, 6.45) is -3.28. The lowest BCUT2D eigenvalue weighted by Crippen LogP contribution is -2.27. The number of aromatic nitrogens is 2. The standard InChI is InChI=1S/C22H16F5N3O2S/c1-3-33(31,32)17-8-14(13-6-4-5-12(2)7-13)10-28-18(17)20-21(23,24)19-16(30-20)9-15(11-29-19)22(25,26)27/h4-11H,3H2,1-2H3. The molecule has 3 aromatic rings. The van der Waals surface area contributed by atoms with Crippen LogP contribution >= 0.6 is 0 Å². The lowest BCUT2D eigenvalue weighted by Gasteiger charge is -2.16. The number of aliphatic imine (C=N–C) groups is 1. The summed E-state index contributed by atoms with van der Waals surface area (Å²) >= 11 is 0. The largest absolute Gasteiger partial charge is 0.417 e. The highest BCUT2D eigenvalue weighted by Gasteiger charge is 2.50. The molecule has 1 aliphatic rings. The van der Waals surface area contributed by atoms with Crippen LogP contribution in [0.4, 0.5) is 27.6 Å². The van der Waals surface area contributed by atoms with Gasteiger partial charge in [-0.15, -0.1) is 0 Å². The van der Waals surface area contributed by atoms with Gasteiger partial charge < -0.3 is 0 Å². The summed E-state index contributed by atoms with van der Waals surface area (Å²) in [6.45, 7) is 3.18. The van der Waals surface area contributed by atoms with Crippen molar-refractivity contribution < 1.29 is 30.4 Å². The minimum Gasteiger partial charge on any atom is -0.253 e. The van der Waals surface area contributed by atoms with Crippen molar-refractivity contribution in [2.24, 2.45) is 4.99 Å². The van der Waals surface area contributed by atoms with Crippen molar-refractivity contribution >= 4 is 21.2 Å². The third-order valence-electron chi connectivity index (χ3n) is 5.17. The molecule has 5 nitrogen and oxygen atoms in total. The molecule has 4 rings (SSSR count). The maximum atomic E-state index is 15.2. The molecule has 0 spiro atoms. The molecule has 0 atom stereocenters. The molecule has 3 heterocycles. The molecule has 11 heteroatoms. The average molecular weight is 481 g/mol. The van der Waals surface area contributed by atoms with E-state index in [2.05, 4.69) is 15.0 Å². The normalized spacial score (nSPS) is 15.3. The molecule has 33 heavy (non-hydrogen) atoms. The number of hydrogen-bond donors (Lipinski definition) is 0. The zero-order valence-electron chi connectivity index (χ0n) is 17.3. The second-order valence-corrected chi connectivity index (χ2v) is 9.71. The van der Waals surface area contributed by atoms with E-state index >= 15 is 8.78 Å². The third kappa shape index (κ3) is 4.01. The number of halogens is 5. The number of nitrogens with zero attached hydrogens (tertiary/aromatic N) is 3. The average Bonchev–Trinajstić information content (AvgIpc) is 3.02. The molecular weight excluding hydrogens is 465 g/mol. The lowest BCUT2D eigenvalue weighted by molar-refractivity contribution is -0.137. The van der Waals surface area contributed by atoms with Gasteiger partial charge >= 0.3 is 12.1 Å². The summed E-state index contributed by atoms with van der Waals surface area (Å²) in [7, 11) is -4.05. The first-order valence-electron chi connectivity index (χ1n) is 9.69. The Morgan fingerprint density at radius 2 is 1.73 bits per heavy atom. The maximum absolute atomic E-state index is 15.2. The fraction of sp³-hybridized carbons (Fsp3) is 0.227. The van der Waals surface area contributed by atoms with Crippen LogP contribution in [0.2, 0.25) is 0 Å². The van der Waals surface area contributed by atoms with Gasteiger partial charge in [-0.05, 0) is 24.6 Å². The van der Waals surface area contributed by atoms with Crippen LogP contribution in [0.15, 0.2) is 58.7 Å². The number of aryl methyl sites for hydroxylation is 1. The van der Waals surface area contributed by atoms with Gasteiger partial charge in [-0.25, -0.2) is 13.4 Å². The van der Waals surface area contributed by atoms with Gasteiger partial charge in [-0.2, -0.15) is 22.0 Å². The highest BCUT2D eigenvalue weighted by atomic mass is 32.2. The van der Waals surface area contributed by atoms with Gasteiger partial charge in [0.15, 0.2) is 9.84 Å². The highest BCUT2D eigenvalue weighted by molar-refractivity contribution is 7.91. The number of fused-ring (bicyclic) bond motifs is 1. The Morgan fingerprint density at radius 1 is 1.00 bits per heavy atom. The topological polar surface area (TPSA) is 72.3 Å². The Bertz CT molecular complexity index is 1400. The molecule has 1 aromatic carbocycles. The number of alkyl halides is 5. The molecule has 1 aliphatic heterocycles. The maximum Gasteiger partial charge on any atom is 0.417 e. The molecule has 0 radical (unpaired) electrons. The minimum absolute atomic E-state index is 0.295. The van der Waals surface area contributed by atoms with E-state index in [0.717, 1.165) is 5.56 Å². The Labute approximate surface area is 186 Å². The first kappa shape index (κ1) is 23.0. The molecule has 2 aromatic heterocycles. The summed E-state index contributed by atoms with van der Waals surface area (Å²) in [5.41, 5.74) is -2.70. The van der Waals surface area contributed by atoms with Crippen molar-refractivity contribution in [2.45, 2.75) is 30.8 Å². The summed E-state index contributed by atoms with van der Waals surface area (Å²) in [5, 5.41) is 0. The Hall–Kier alpha value is -3.21. The van der Waals surface area contributed by atoms with Crippen molar-refractivity contribution in [1.29, 1.82) is 0 Å². The van der Waals surface area contributed by atoms with Gasteiger partial charge in [-0.1, -0.05) is 36.8 Å². The van der Waals surface area contributed by atoms with Crippen molar-refractivity contribution in [3.63, 3.8) is 0 Å². The molecule has 0 unspecified atom stereocenters. The summed E-state index contributed by atoms with van der Waals surface area (Å²) in [4.78, 5) is 10.4. The quantitative estimate of drug-likeness (QED) is 0.462.